The number of carbonyl (C=O) groups excluding carboxylic acids is 1. The van der Waals surface area contributed by atoms with Gasteiger partial charge in [0.1, 0.15) is 0 Å². The highest BCUT2D eigenvalue weighted by Gasteiger charge is 2.23. The van der Waals surface area contributed by atoms with Crippen molar-refractivity contribution in [2.75, 3.05) is 20.1 Å². The predicted octanol–water partition coefficient (Wildman–Crippen LogP) is 2.31. The van der Waals surface area contributed by atoms with Gasteiger partial charge in [-0.1, -0.05) is 12.5 Å². The van der Waals surface area contributed by atoms with Crippen LogP contribution in [0.25, 0.3) is 0 Å². The first kappa shape index (κ1) is 15.5. The number of carbonyl (C=O) groups is 1. The summed E-state index contributed by atoms with van der Waals surface area (Å²) in [4.78, 5) is 15.3. The van der Waals surface area contributed by atoms with Crippen molar-refractivity contribution in [3.63, 3.8) is 0 Å². The number of rotatable bonds is 4. The molecule has 0 saturated carbocycles. The van der Waals surface area contributed by atoms with Crippen LogP contribution in [0.1, 0.15) is 24.1 Å². The Morgan fingerprint density at radius 3 is 3.00 bits per heavy atom. The molecule has 1 amide bonds. The molecule has 0 radical (unpaired) electrons. The molecule has 3 nitrogen and oxygen atoms in total. The summed E-state index contributed by atoms with van der Waals surface area (Å²) in [5.41, 5.74) is 0. The number of likely N-dealkylation sites (N-methyl/N-ethyl adjacent to an activating group) is 1. The van der Waals surface area contributed by atoms with E-state index in [0.717, 1.165) is 25.9 Å². The number of nitrogens with one attached hydrogen (secondary N) is 1. The van der Waals surface area contributed by atoms with Gasteiger partial charge in [-0.15, -0.1) is 23.7 Å². The Kier molecular flexibility index (Phi) is 6.68. The third-order valence-electron chi connectivity index (χ3n) is 3.26. The average Bonchev–Trinajstić information content (AvgIpc) is 2.89. The highest BCUT2D eigenvalue weighted by molar-refractivity contribution is 7.09. The number of nitrogens with zero attached hydrogens (tertiary/aromatic N) is 1. The van der Waals surface area contributed by atoms with Gasteiger partial charge in [0, 0.05) is 18.5 Å². The lowest BCUT2D eigenvalue weighted by Gasteiger charge is -2.27. The number of thiophene rings is 1. The zero-order chi connectivity index (χ0) is 12.1. The lowest BCUT2D eigenvalue weighted by atomic mass is 10.0. The Labute approximate surface area is 119 Å². The molecule has 0 aliphatic carbocycles. The summed E-state index contributed by atoms with van der Waals surface area (Å²) in [7, 11) is 1.91. The Morgan fingerprint density at radius 1 is 1.56 bits per heavy atom. The third-order valence-corrected chi connectivity index (χ3v) is 4.19. The Bertz CT molecular complexity index is 350. The van der Waals surface area contributed by atoms with Crippen molar-refractivity contribution in [2.24, 2.45) is 0 Å². The van der Waals surface area contributed by atoms with E-state index in [0.29, 0.717) is 0 Å². The molecule has 1 atom stereocenters. The zero-order valence-electron chi connectivity index (χ0n) is 10.7. The Morgan fingerprint density at radius 2 is 2.39 bits per heavy atom. The first-order valence-electron chi connectivity index (χ1n) is 6.28. The summed E-state index contributed by atoms with van der Waals surface area (Å²) in [5, 5.41) is 5.39. The highest BCUT2D eigenvalue weighted by atomic mass is 35.5. The fraction of sp³-hybridized carbons (Fsp3) is 0.615. The molecule has 1 aromatic rings. The summed E-state index contributed by atoms with van der Waals surface area (Å²) in [5.74, 6) is 0.251. The van der Waals surface area contributed by atoms with Gasteiger partial charge in [-0.3, -0.25) is 4.79 Å². The molecule has 0 bridgehead atoms. The van der Waals surface area contributed by atoms with E-state index in [1.54, 1.807) is 11.3 Å². The van der Waals surface area contributed by atoms with Crippen LogP contribution in [0.15, 0.2) is 17.5 Å². The first-order valence-corrected chi connectivity index (χ1v) is 7.16. The largest absolute Gasteiger partial charge is 0.344 e. The number of amides is 1. The first-order chi connectivity index (χ1) is 8.27. The maximum Gasteiger partial charge on any atom is 0.239 e. The lowest BCUT2D eigenvalue weighted by Crippen LogP contribution is -2.47. The highest BCUT2D eigenvalue weighted by Crippen LogP contribution is 2.12. The second kappa shape index (κ2) is 7.77. The SMILES string of the molecule is CN(CCc1cccs1)C(=O)[C@H]1CCCCN1.Cl. The van der Waals surface area contributed by atoms with E-state index in [1.165, 1.54) is 17.7 Å². The molecule has 1 aliphatic heterocycles. The van der Waals surface area contributed by atoms with Crippen molar-refractivity contribution in [3.05, 3.63) is 22.4 Å². The average molecular weight is 289 g/mol. The van der Waals surface area contributed by atoms with Crippen LogP contribution in [0.2, 0.25) is 0 Å². The van der Waals surface area contributed by atoms with Crippen LogP contribution < -0.4 is 5.32 Å². The standard InChI is InChI=1S/C13H20N2OS.ClH/c1-15(9-7-11-5-4-10-17-11)13(16)12-6-2-3-8-14-12;/h4-5,10,12,14H,2-3,6-9H2,1H3;1H/t12-;/m1./s1. The van der Waals surface area contributed by atoms with Crippen molar-refractivity contribution >= 4 is 29.7 Å². The molecular weight excluding hydrogens is 268 g/mol. The number of hydrogen-bond donors (Lipinski definition) is 1. The summed E-state index contributed by atoms with van der Waals surface area (Å²) >= 11 is 1.76. The summed E-state index contributed by atoms with van der Waals surface area (Å²) < 4.78 is 0. The van der Waals surface area contributed by atoms with E-state index in [4.69, 9.17) is 0 Å². The monoisotopic (exact) mass is 288 g/mol. The van der Waals surface area contributed by atoms with Crippen molar-refractivity contribution < 1.29 is 4.79 Å². The molecule has 1 N–H and O–H groups in total. The van der Waals surface area contributed by atoms with E-state index in [2.05, 4.69) is 22.8 Å². The number of hydrogen-bond acceptors (Lipinski definition) is 3. The van der Waals surface area contributed by atoms with E-state index >= 15 is 0 Å². The molecule has 0 unspecified atom stereocenters. The molecule has 2 rings (SSSR count). The molecular formula is C13H21ClN2OS. The minimum absolute atomic E-state index is 0. The zero-order valence-corrected chi connectivity index (χ0v) is 12.4. The molecule has 102 valence electrons. The smallest absolute Gasteiger partial charge is 0.239 e. The van der Waals surface area contributed by atoms with Gasteiger partial charge in [-0.05, 0) is 37.3 Å². The summed E-state index contributed by atoms with van der Waals surface area (Å²) in [6.45, 7) is 1.80. The maximum absolute atomic E-state index is 12.1. The normalized spacial score (nSPS) is 19.1. The van der Waals surface area contributed by atoms with Crippen molar-refractivity contribution in [1.29, 1.82) is 0 Å². The molecule has 1 saturated heterocycles. The van der Waals surface area contributed by atoms with E-state index in [1.807, 2.05) is 11.9 Å². The summed E-state index contributed by atoms with van der Waals surface area (Å²) in [6.07, 6.45) is 4.32. The predicted molar refractivity (Wildman–Crippen MR) is 78.5 cm³/mol. The molecule has 0 spiro atoms. The van der Waals surface area contributed by atoms with Crippen LogP contribution in [0.4, 0.5) is 0 Å². The second-order valence-electron chi connectivity index (χ2n) is 4.59. The molecule has 1 aliphatic rings. The number of halogens is 1. The van der Waals surface area contributed by atoms with Crippen LogP contribution >= 0.6 is 23.7 Å². The lowest BCUT2D eigenvalue weighted by molar-refractivity contribution is -0.132. The topological polar surface area (TPSA) is 32.3 Å². The quantitative estimate of drug-likeness (QED) is 0.922. The van der Waals surface area contributed by atoms with Gasteiger partial charge in [0.05, 0.1) is 6.04 Å². The van der Waals surface area contributed by atoms with Gasteiger partial charge in [-0.2, -0.15) is 0 Å². The molecule has 5 heteroatoms. The van der Waals surface area contributed by atoms with Crippen molar-refractivity contribution in [3.8, 4) is 0 Å². The maximum atomic E-state index is 12.1. The van der Waals surface area contributed by atoms with Crippen LogP contribution in [0, 0.1) is 0 Å². The molecule has 1 aromatic heterocycles. The third kappa shape index (κ3) is 4.26. The van der Waals surface area contributed by atoms with Crippen LogP contribution in [-0.2, 0) is 11.2 Å². The van der Waals surface area contributed by atoms with Gasteiger partial charge in [0.25, 0.3) is 0 Å². The fourth-order valence-corrected chi connectivity index (χ4v) is 2.87. The molecule has 1 fully saturated rings. The van der Waals surface area contributed by atoms with Gasteiger partial charge in [0.15, 0.2) is 0 Å². The van der Waals surface area contributed by atoms with Gasteiger partial charge >= 0.3 is 0 Å². The van der Waals surface area contributed by atoms with E-state index in [-0.39, 0.29) is 24.4 Å². The molecule has 2 heterocycles. The van der Waals surface area contributed by atoms with Gasteiger partial charge in [0.2, 0.25) is 5.91 Å². The van der Waals surface area contributed by atoms with Gasteiger partial charge < -0.3 is 10.2 Å². The van der Waals surface area contributed by atoms with Gasteiger partial charge in [-0.25, -0.2) is 0 Å². The van der Waals surface area contributed by atoms with Crippen LogP contribution in [0.3, 0.4) is 0 Å². The van der Waals surface area contributed by atoms with Crippen LogP contribution in [-0.4, -0.2) is 37.0 Å². The van der Waals surface area contributed by atoms with Crippen molar-refractivity contribution in [2.45, 2.75) is 31.7 Å². The fourth-order valence-electron chi connectivity index (χ4n) is 2.17. The van der Waals surface area contributed by atoms with E-state index in [9.17, 15) is 4.79 Å². The molecule has 18 heavy (non-hydrogen) atoms. The summed E-state index contributed by atoms with van der Waals surface area (Å²) in [6, 6.07) is 4.24. The van der Waals surface area contributed by atoms with Crippen LogP contribution in [0.5, 0.6) is 0 Å². The Balaban J connectivity index is 0.00000162. The Hall–Kier alpha value is -0.580. The minimum Gasteiger partial charge on any atom is -0.344 e. The molecule has 0 aromatic carbocycles. The van der Waals surface area contributed by atoms with E-state index < -0.39 is 0 Å². The second-order valence-corrected chi connectivity index (χ2v) is 5.62. The minimum atomic E-state index is 0. The van der Waals surface area contributed by atoms with Crippen molar-refractivity contribution in [1.82, 2.24) is 10.2 Å². The number of piperidine rings is 1.